The number of benzene rings is 8. The van der Waals surface area contributed by atoms with Gasteiger partial charge in [-0.1, -0.05) is 127 Å². The van der Waals surface area contributed by atoms with Crippen LogP contribution in [0.3, 0.4) is 0 Å². The average Bonchev–Trinajstić information content (AvgIpc) is 3.51. The molecule has 1 N–H and O–H groups in total. The lowest BCUT2D eigenvalue weighted by atomic mass is 9.93. The molecule has 0 aliphatic carbocycles. The third-order valence-corrected chi connectivity index (χ3v) is 10.2. The number of nitrogens with one attached hydrogen (secondary N) is 1. The van der Waals surface area contributed by atoms with Crippen molar-refractivity contribution in [1.29, 1.82) is 0 Å². The molecule has 1 aromatic heterocycles. The normalized spacial score (nSPS) is 11.5. The van der Waals surface area contributed by atoms with Crippen LogP contribution >= 0.6 is 11.3 Å². The van der Waals surface area contributed by atoms with Gasteiger partial charge in [-0.25, -0.2) is 0 Å². The topological polar surface area (TPSA) is 12.0 Å². The second-order valence-electron chi connectivity index (χ2n) is 11.8. The minimum absolute atomic E-state index is 1.06. The van der Waals surface area contributed by atoms with Crippen LogP contribution in [0.25, 0.3) is 75.1 Å². The van der Waals surface area contributed by atoms with Crippen LogP contribution < -0.4 is 5.32 Å². The molecule has 0 saturated carbocycles. The number of hydrogen-bond donors (Lipinski definition) is 1. The van der Waals surface area contributed by atoms with E-state index in [4.69, 9.17) is 0 Å². The van der Waals surface area contributed by atoms with E-state index in [2.05, 4.69) is 175 Å². The van der Waals surface area contributed by atoms with E-state index in [1.807, 2.05) is 11.3 Å². The van der Waals surface area contributed by atoms with Crippen molar-refractivity contribution in [3.8, 4) is 33.4 Å². The van der Waals surface area contributed by atoms with Gasteiger partial charge in [-0.15, -0.1) is 11.3 Å². The Bertz CT molecular complexity index is 2540. The molecule has 0 amide bonds. The fraction of sp³-hybridized carbons (Fsp3) is 0. The predicted octanol–water partition coefficient (Wildman–Crippen LogP) is 13.1. The molecule has 0 bridgehead atoms. The summed E-state index contributed by atoms with van der Waals surface area (Å²) in [6.07, 6.45) is 0. The Morgan fingerprint density at radius 3 is 1.87 bits per heavy atom. The highest BCUT2D eigenvalue weighted by Crippen LogP contribution is 2.42. The molecule has 9 rings (SSSR count). The Hall–Kier alpha value is -5.70. The summed E-state index contributed by atoms with van der Waals surface area (Å²) in [5.41, 5.74) is 9.47. The van der Waals surface area contributed by atoms with Crippen molar-refractivity contribution in [2.24, 2.45) is 0 Å². The lowest BCUT2D eigenvalue weighted by molar-refractivity contribution is 1.53. The lowest BCUT2D eigenvalue weighted by Gasteiger charge is -2.16. The van der Waals surface area contributed by atoms with Gasteiger partial charge in [-0.05, 0) is 91.8 Å². The van der Waals surface area contributed by atoms with Crippen LogP contribution in [0.15, 0.2) is 170 Å². The Labute approximate surface area is 272 Å². The zero-order valence-electron chi connectivity index (χ0n) is 25.1. The van der Waals surface area contributed by atoms with Crippen molar-refractivity contribution >= 4 is 64.4 Å². The van der Waals surface area contributed by atoms with E-state index in [0.29, 0.717) is 0 Å². The molecule has 0 spiro atoms. The van der Waals surface area contributed by atoms with Crippen LogP contribution in [-0.2, 0) is 0 Å². The molecule has 0 saturated heterocycles. The van der Waals surface area contributed by atoms with Gasteiger partial charge in [-0.3, -0.25) is 0 Å². The van der Waals surface area contributed by atoms with Gasteiger partial charge >= 0.3 is 0 Å². The fourth-order valence-corrected chi connectivity index (χ4v) is 8.01. The highest BCUT2D eigenvalue weighted by atomic mass is 32.1. The summed E-state index contributed by atoms with van der Waals surface area (Å²) in [7, 11) is 0. The van der Waals surface area contributed by atoms with Gasteiger partial charge in [0.25, 0.3) is 0 Å². The molecule has 9 aromatic rings. The van der Waals surface area contributed by atoms with Gasteiger partial charge in [0.05, 0.1) is 0 Å². The summed E-state index contributed by atoms with van der Waals surface area (Å²) in [6.45, 7) is 0. The van der Waals surface area contributed by atoms with Crippen LogP contribution in [0.1, 0.15) is 0 Å². The molecule has 2 heteroatoms. The molecule has 216 valence electrons. The lowest BCUT2D eigenvalue weighted by Crippen LogP contribution is -1.95. The summed E-state index contributed by atoms with van der Waals surface area (Å²) in [4.78, 5) is 0. The second kappa shape index (κ2) is 11.0. The minimum Gasteiger partial charge on any atom is -0.355 e. The quantitative estimate of drug-likeness (QED) is 0.193. The maximum absolute atomic E-state index is 3.76. The van der Waals surface area contributed by atoms with E-state index >= 15 is 0 Å². The van der Waals surface area contributed by atoms with Gasteiger partial charge in [-0.2, -0.15) is 0 Å². The third-order valence-electron chi connectivity index (χ3n) is 9.06. The Balaban J connectivity index is 1.12. The molecule has 0 unspecified atom stereocenters. The monoisotopic (exact) mass is 603 g/mol. The van der Waals surface area contributed by atoms with Crippen molar-refractivity contribution in [3.63, 3.8) is 0 Å². The van der Waals surface area contributed by atoms with Crippen molar-refractivity contribution in [2.45, 2.75) is 0 Å². The molecule has 0 radical (unpaired) electrons. The van der Waals surface area contributed by atoms with Crippen molar-refractivity contribution in [3.05, 3.63) is 170 Å². The zero-order chi connectivity index (χ0) is 30.5. The summed E-state index contributed by atoms with van der Waals surface area (Å²) >= 11 is 1.86. The molecule has 0 aliphatic heterocycles. The van der Waals surface area contributed by atoms with Gasteiger partial charge in [0.1, 0.15) is 0 Å². The van der Waals surface area contributed by atoms with Crippen LogP contribution in [0.5, 0.6) is 0 Å². The minimum atomic E-state index is 1.06. The SMILES string of the molecule is c1ccc(-c2cc(-c3cccc4sc5ccccc5c34)ccc2Nc2ccc(-c3cc4ccccc4c4ccccc34)cc2)cc1. The molecule has 1 nitrogen and oxygen atoms in total. The van der Waals surface area contributed by atoms with Gasteiger partial charge in [0, 0.05) is 37.1 Å². The molecule has 46 heavy (non-hydrogen) atoms. The van der Waals surface area contributed by atoms with E-state index in [0.717, 1.165) is 11.4 Å². The van der Waals surface area contributed by atoms with E-state index in [1.54, 1.807) is 0 Å². The van der Waals surface area contributed by atoms with Gasteiger partial charge < -0.3 is 5.32 Å². The van der Waals surface area contributed by atoms with E-state index < -0.39 is 0 Å². The first-order valence-electron chi connectivity index (χ1n) is 15.7. The molecule has 0 atom stereocenters. The van der Waals surface area contributed by atoms with E-state index in [9.17, 15) is 0 Å². The second-order valence-corrected chi connectivity index (χ2v) is 12.9. The molecule has 1 heterocycles. The summed E-state index contributed by atoms with van der Waals surface area (Å²) in [5, 5.41) is 11.5. The predicted molar refractivity (Wildman–Crippen MR) is 200 cm³/mol. The van der Waals surface area contributed by atoms with Crippen LogP contribution in [0.4, 0.5) is 11.4 Å². The van der Waals surface area contributed by atoms with Crippen LogP contribution in [0.2, 0.25) is 0 Å². The number of fused-ring (bicyclic) bond motifs is 6. The van der Waals surface area contributed by atoms with E-state index in [1.165, 1.54) is 75.1 Å². The number of thiophene rings is 1. The molecule has 0 aliphatic rings. The Morgan fingerprint density at radius 1 is 0.370 bits per heavy atom. The van der Waals surface area contributed by atoms with Crippen molar-refractivity contribution < 1.29 is 0 Å². The van der Waals surface area contributed by atoms with Crippen molar-refractivity contribution in [1.82, 2.24) is 0 Å². The smallest absolute Gasteiger partial charge is 0.0464 e. The molecular weight excluding hydrogens is 575 g/mol. The first-order valence-corrected chi connectivity index (χ1v) is 16.5. The molecule has 0 fully saturated rings. The average molecular weight is 604 g/mol. The zero-order valence-corrected chi connectivity index (χ0v) is 25.9. The Morgan fingerprint density at radius 2 is 1.02 bits per heavy atom. The molecular formula is C44H29NS. The third kappa shape index (κ3) is 4.54. The maximum Gasteiger partial charge on any atom is 0.0464 e. The summed E-state index contributed by atoms with van der Waals surface area (Å²) in [5.74, 6) is 0. The number of rotatable bonds is 5. The van der Waals surface area contributed by atoms with Gasteiger partial charge in [0.15, 0.2) is 0 Å². The van der Waals surface area contributed by atoms with Crippen LogP contribution in [0, 0.1) is 0 Å². The Kier molecular flexibility index (Phi) is 6.40. The van der Waals surface area contributed by atoms with Crippen molar-refractivity contribution in [2.75, 3.05) is 5.32 Å². The number of anilines is 2. The largest absolute Gasteiger partial charge is 0.355 e. The van der Waals surface area contributed by atoms with Gasteiger partial charge in [0.2, 0.25) is 0 Å². The highest BCUT2D eigenvalue weighted by Gasteiger charge is 2.14. The first kappa shape index (κ1) is 26.7. The maximum atomic E-state index is 3.76. The number of hydrogen-bond acceptors (Lipinski definition) is 2. The summed E-state index contributed by atoms with van der Waals surface area (Å²) < 4.78 is 2.65. The van der Waals surface area contributed by atoms with Crippen LogP contribution in [-0.4, -0.2) is 0 Å². The summed E-state index contributed by atoms with van der Waals surface area (Å²) in [6, 6.07) is 61.5. The first-order chi connectivity index (χ1) is 22.8. The fourth-order valence-electron chi connectivity index (χ4n) is 6.87. The highest BCUT2D eigenvalue weighted by molar-refractivity contribution is 7.25. The standard InChI is InChI=1S/C44H29NS/c1-2-11-29(12-3-1)40-28-32(35-18-10-20-43-44(35)38-17-8-9-19-42(38)46-43)23-26-41(40)45-33-24-21-30(22-25-33)39-27-31-13-4-5-14-34(31)36-15-6-7-16-37(36)39/h1-28,45H. The molecule has 8 aromatic carbocycles. The van der Waals surface area contributed by atoms with E-state index in [-0.39, 0.29) is 0 Å².